The van der Waals surface area contributed by atoms with Crippen LogP contribution in [0.5, 0.6) is 0 Å². The van der Waals surface area contributed by atoms with Gasteiger partial charge in [0.15, 0.2) is 5.82 Å². The number of ether oxygens (including phenoxy) is 1. The van der Waals surface area contributed by atoms with Gasteiger partial charge in [0.05, 0.1) is 25.1 Å². The molecular weight excluding hydrogens is 615 g/mol. The third-order valence-electron chi connectivity index (χ3n) is 7.28. The van der Waals surface area contributed by atoms with Gasteiger partial charge < -0.3 is 30.6 Å². The normalized spacial score (nSPS) is 15.3. The smallest absolute Gasteiger partial charge is 0.245 e. The summed E-state index contributed by atoms with van der Waals surface area (Å²) in [6.45, 7) is 9.20. The van der Waals surface area contributed by atoms with Gasteiger partial charge in [-0.25, -0.2) is 4.98 Å². The molecular formula is C33H48Cl2N6O4. The van der Waals surface area contributed by atoms with Crippen LogP contribution in [0.15, 0.2) is 73.2 Å². The van der Waals surface area contributed by atoms with Gasteiger partial charge in [-0.1, -0.05) is 60.7 Å². The van der Waals surface area contributed by atoms with Crippen LogP contribution in [0.3, 0.4) is 0 Å². The van der Waals surface area contributed by atoms with E-state index in [0.717, 1.165) is 31.4 Å². The number of amides is 3. The summed E-state index contributed by atoms with van der Waals surface area (Å²) in [7, 11) is 0. The fourth-order valence-electron chi connectivity index (χ4n) is 4.82. The van der Waals surface area contributed by atoms with Crippen LogP contribution in [0.2, 0.25) is 0 Å². The fourth-order valence-corrected chi connectivity index (χ4v) is 4.82. The number of aromatic nitrogens is 2. The van der Waals surface area contributed by atoms with Gasteiger partial charge in [-0.3, -0.25) is 14.4 Å². The minimum atomic E-state index is -0.853. The van der Waals surface area contributed by atoms with E-state index in [2.05, 4.69) is 34.7 Å². The standard InChI is InChI=1S/C19H24N4O2.C14H22N2O2.2ClH/c1-15-6-5-11-23(15)19(25)17(10-9-16-7-3-2-4-8-16)22-12-18(20-13-22)21-14-24;1-11(16-13(17)14(2,3)15)9-18-10-12-7-5-4-6-8-12;;/h2-4,7-8,12-15,17H,5-6,9-11H2,1H3,(H,21,24);4-8,11H,9-10,15H2,1-3H3,(H,16,17);2*1H/t15-,17?;11-;;/m10../s1. The Morgan fingerprint density at radius 2 is 1.71 bits per heavy atom. The molecule has 3 atom stereocenters. The van der Waals surface area contributed by atoms with Crippen molar-refractivity contribution in [3.05, 3.63) is 84.3 Å². The molecule has 1 aliphatic heterocycles. The first-order valence-corrected chi connectivity index (χ1v) is 14.9. The molecule has 2 heterocycles. The fraction of sp³-hybridized carbons (Fsp3) is 0.455. The summed E-state index contributed by atoms with van der Waals surface area (Å²) in [4.78, 5) is 41.5. The quantitative estimate of drug-likeness (QED) is 0.223. The molecule has 4 rings (SSSR count). The summed E-state index contributed by atoms with van der Waals surface area (Å²) in [5.74, 6) is 0.427. The largest absolute Gasteiger partial charge is 0.375 e. The summed E-state index contributed by atoms with van der Waals surface area (Å²) in [5.41, 5.74) is 7.17. The van der Waals surface area contributed by atoms with Gasteiger partial charge in [0.1, 0.15) is 6.04 Å². The number of nitrogens with two attached hydrogens (primary N) is 1. The predicted octanol–water partition coefficient (Wildman–Crippen LogP) is 4.93. The second-order valence-corrected chi connectivity index (χ2v) is 11.6. The van der Waals surface area contributed by atoms with Crippen LogP contribution in [-0.4, -0.2) is 63.4 Å². The minimum absolute atomic E-state index is 0. The Balaban J connectivity index is 0.000000454. The molecule has 1 fully saturated rings. The lowest BCUT2D eigenvalue weighted by atomic mass is 10.0. The number of nitrogens with one attached hydrogen (secondary N) is 2. The van der Waals surface area contributed by atoms with Crippen molar-refractivity contribution < 1.29 is 19.1 Å². The van der Waals surface area contributed by atoms with Crippen molar-refractivity contribution in [1.82, 2.24) is 19.8 Å². The van der Waals surface area contributed by atoms with E-state index in [-0.39, 0.29) is 54.8 Å². The maximum absolute atomic E-state index is 13.1. The molecule has 10 nitrogen and oxygen atoms in total. The molecule has 0 bridgehead atoms. The molecule has 4 N–H and O–H groups in total. The number of benzene rings is 2. The molecule has 1 aliphatic rings. The van der Waals surface area contributed by atoms with Gasteiger partial charge in [-0.05, 0) is 64.5 Å². The van der Waals surface area contributed by atoms with E-state index in [9.17, 15) is 14.4 Å². The van der Waals surface area contributed by atoms with Crippen molar-refractivity contribution in [1.29, 1.82) is 0 Å². The highest BCUT2D eigenvalue weighted by Crippen LogP contribution is 2.25. The van der Waals surface area contributed by atoms with Gasteiger partial charge in [0.2, 0.25) is 18.2 Å². The maximum atomic E-state index is 13.1. The number of carbonyl (C=O) groups excluding carboxylic acids is 3. The van der Waals surface area contributed by atoms with E-state index >= 15 is 0 Å². The van der Waals surface area contributed by atoms with E-state index in [4.69, 9.17) is 10.5 Å². The molecule has 12 heteroatoms. The zero-order valence-corrected chi connectivity index (χ0v) is 28.2. The summed E-state index contributed by atoms with van der Waals surface area (Å²) in [5, 5.41) is 5.35. The Labute approximate surface area is 279 Å². The Kier molecular flexibility index (Phi) is 17.5. The van der Waals surface area contributed by atoms with Crippen molar-refractivity contribution in [3.8, 4) is 0 Å². The first kappa shape index (κ1) is 39.6. The van der Waals surface area contributed by atoms with Crippen molar-refractivity contribution in [2.75, 3.05) is 18.5 Å². The number of aryl methyl sites for hydroxylation is 1. The second-order valence-electron chi connectivity index (χ2n) is 11.6. The Morgan fingerprint density at radius 1 is 1.09 bits per heavy atom. The van der Waals surface area contributed by atoms with Crippen LogP contribution in [0, 0.1) is 0 Å². The highest BCUT2D eigenvalue weighted by molar-refractivity contribution is 5.86. The maximum Gasteiger partial charge on any atom is 0.245 e. The molecule has 0 saturated carbocycles. The molecule has 1 saturated heterocycles. The van der Waals surface area contributed by atoms with Crippen LogP contribution < -0.4 is 16.4 Å². The van der Waals surface area contributed by atoms with Crippen LogP contribution >= 0.6 is 24.8 Å². The van der Waals surface area contributed by atoms with E-state index < -0.39 is 5.54 Å². The van der Waals surface area contributed by atoms with Crippen molar-refractivity contribution in [2.45, 2.75) is 83.6 Å². The van der Waals surface area contributed by atoms with E-state index in [1.807, 2.05) is 64.9 Å². The first-order valence-electron chi connectivity index (χ1n) is 14.9. The molecule has 45 heavy (non-hydrogen) atoms. The molecule has 1 aromatic heterocycles. The Bertz CT molecular complexity index is 1290. The summed E-state index contributed by atoms with van der Waals surface area (Å²) >= 11 is 0. The van der Waals surface area contributed by atoms with E-state index in [0.29, 0.717) is 31.9 Å². The van der Waals surface area contributed by atoms with Gasteiger partial charge in [0.25, 0.3) is 0 Å². The number of likely N-dealkylation sites (tertiary alicyclic amines) is 1. The number of nitrogens with zero attached hydrogens (tertiary/aromatic N) is 3. The van der Waals surface area contributed by atoms with Crippen LogP contribution in [0.1, 0.15) is 64.1 Å². The molecule has 0 spiro atoms. The number of imidazole rings is 1. The Morgan fingerprint density at radius 3 is 2.27 bits per heavy atom. The molecule has 3 aromatic rings. The lowest BCUT2D eigenvalue weighted by molar-refractivity contribution is -0.135. The molecule has 0 radical (unpaired) electrons. The van der Waals surface area contributed by atoms with Gasteiger partial charge in [-0.2, -0.15) is 0 Å². The number of rotatable bonds is 13. The number of anilines is 1. The van der Waals surface area contributed by atoms with Crippen LogP contribution in [0.4, 0.5) is 5.82 Å². The molecule has 0 aliphatic carbocycles. The lowest BCUT2D eigenvalue weighted by Crippen LogP contribution is -2.52. The minimum Gasteiger partial charge on any atom is -0.375 e. The van der Waals surface area contributed by atoms with Crippen molar-refractivity contribution in [2.24, 2.45) is 5.73 Å². The third kappa shape index (κ3) is 13.2. The van der Waals surface area contributed by atoms with E-state index in [1.165, 1.54) is 5.56 Å². The van der Waals surface area contributed by atoms with Gasteiger partial charge >= 0.3 is 0 Å². The predicted molar refractivity (Wildman–Crippen MR) is 183 cm³/mol. The summed E-state index contributed by atoms with van der Waals surface area (Å²) < 4.78 is 7.36. The Hall–Kier alpha value is -3.44. The number of carbonyl (C=O) groups is 3. The monoisotopic (exact) mass is 662 g/mol. The van der Waals surface area contributed by atoms with Crippen molar-refractivity contribution in [3.63, 3.8) is 0 Å². The third-order valence-corrected chi connectivity index (χ3v) is 7.28. The molecule has 2 aromatic carbocycles. The molecule has 3 amide bonds. The van der Waals surface area contributed by atoms with Crippen LogP contribution in [-0.2, 0) is 32.1 Å². The van der Waals surface area contributed by atoms with Gasteiger partial charge in [-0.15, -0.1) is 24.8 Å². The second kappa shape index (κ2) is 19.8. The zero-order chi connectivity index (χ0) is 31.2. The first-order chi connectivity index (χ1) is 20.6. The average molecular weight is 664 g/mol. The number of hydrogen-bond donors (Lipinski definition) is 3. The lowest BCUT2D eigenvalue weighted by Gasteiger charge is -2.27. The number of halogens is 2. The number of hydrogen-bond acceptors (Lipinski definition) is 6. The SMILES string of the molecule is C[C@@H](COCc1ccccc1)NC(=O)C(C)(C)N.C[C@@H]1CCCN1C(=O)C(CCc1ccccc1)n1cnc(NC=O)c1.Cl.Cl. The highest BCUT2D eigenvalue weighted by Gasteiger charge is 2.31. The molecule has 1 unspecified atom stereocenters. The zero-order valence-electron chi connectivity index (χ0n) is 26.6. The van der Waals surface area contributed by atoms with Gasteiger partial charge in [0, 0.05) is 24.8 Å². The summed E-state index contributed by atoms with van der Waals surface area (Å²) in [6, 6.07) is 20.0. The van der Waals surface area contributed by atoms with Crippen molar-refractivity contribution >= 4 is 48.9 Å². The molecule has 248 valence electrons. The summed E-state index contributed by atoms with van der Waals surface area (Å²) in [6.07, 6.45) is 7.56. The topological polar surface area (TPSA) is 132 Å². The highest BCUT2D eigenvalue weighted by atomic mass is 35.5. The average Bonchev–Trinajstić information content (AvgIpc) is 3.63. The van der Waals surface area contributed by atoms with E-state index in [1.54, 1.807) is 26.4 Å². The van der Waals surface area contributed by atoms with Crippen LogP contribution in [0.25, 0.3) is 0 Å².